The molecule has 17 heavy (non-hydrogen) atoms. The topological polar surface area (TPSA) is 38.7 Å². The van der Waals surface area contributed by atoms with Crippen molar-refractivity contribution in [1.82, 2.24) is 0 Å². The molecule has 0 heterocycles. The average Bonchev–Trinajstić information content (AvgIpc) is 2.28. The van der Waals surface area contributed by atoms with E-state index in [0.717, 1.165) is 15.8 Å². The molecule has 4 heteroatoms. The molecule has 3 nitrogen and oxygen atoms in total. The lowest BCUT2D eigenvalue weighted by Crippen LogP contribution is -2.23. The van der Waals surface area contributed by atoms with E-state index in [4.69, 9.17) is 9.47 Å². The number of benzene rings is 1. The van der Waals surface area contributed by atoms with Crippen LogP contribution in [0.15, 0.2) is 40.9 Å². The third-order valence-electron chi connectivity index (χ3n) is 1.91. The lowest BCUT2D eigenvalue weighted by Gasteiger charge is -2.12. The zero-order chi connectivity index (χ0) is 12.7. The molecular formula is C13H17BrO3. The second-order valence-electron chi connectivity index (χ2n) is 3.89. The van der Waals surface area contributed by atoms with Gasteiger partial charge in [0, 0.05) is 4.47 Å². The Labute approximate surface area is 110 Å². The summed E-state index contributed by atoms with van der Waals surface area (Å²) in [6.07, 6.45) is -0.627. The van der Waals surface area contributed by atoms with Crippen molar-refractivity contribution in [2.75, 3.05) is 19.8 Å². The largest absolute Gasteiger partial charge is 0.491 e. The number of aliphatic hydroxyl groups is 1. The lowest BCUT2D eigenvalue weighted by molar-refractivity contribution is 0.0195. The summed E-state index contributed by atoms with van der Waals surface area (Å²) in [5.41, 5.74) is 0.936. The fourth-order valence-electron chi connectivity index (χ4n) is 1.14. The predicted molar refractivity (Wildman–Crippen MR) is 71.3 cm³/mol. The number of hydrogen-bond acceptors (Lipinski definition) is 3. The maximum atomic E-state index is 9.59. The Hall–Kier alpha value is -0.840. The molecule has 1 aromatic carbocycles. The van der Waals surface area contributed by atoms with E-state index in [9.17, 15) is 5.11 Å². The summed E-state index contributed by atoms with van der Waals surface area (Å²) in [4.78, 5) is 0. The fraction of sp³-hybridized carbons (Fsp3) is 0.385. The smallest absolute Gasteiger partial charge is 0.119 e. The van der Waals surface area contributed by atoms with Crippen LogP contribution in [0.1, 0.15) is 6.92 Å². The van der Waals surface area contributed by atoms with Gasteiger partial charge in [0.2, 0.25) is 0 Å². The van der Waals surface area contributed by atoms with E-state index in [2.05, 4.69) is 22.5 Å². The molecule has 94 valence electrons. The lowest BCUT2D eigenvalue weighted by atomic mass is 10.3. The van der Waals surface area contributed by atoms with Crippen molar-refractivity contribution in [2.24, 2.45) is 0 Å². The number of aliphatic hydroxyl groups excluding tert-OH is 1. The molecule has 0 aliphatic rings. The van der Waals surface area contributed by atoms with Crippen LogP contribution in [0, 0.1) is 0 Å². The van der Waals surface area contributed by atoms with E-state index in [0.29, 0.717) is 6.61 Å². The van der Waals surface area contributed by atoms with E-state index in [-0.39, 0.29) is 13.2 Å². The highest BCUT2D eigenvalue weighted by molar-refractivity contribution is 9.10. The van der Waals surface area contributed by atoms with Gasteiger partial charge in [0.25, 0.3) is 0 Å². The third-order valence-corrected chi connectivity index (χ3v) is 2.44. The summed E-state index contributed by atoms with van der Waals surface area (Å²) in [7, 11) is 0. The van der Waals surface area contributed by atoms with Crippen LogP contribution < -0.4 is 4.74 Å². The van der Waals surface area contributed by atoms with Crippen molar-refractivity contribution in [3.05, 3.63) is 40.9 Å². The minimum absolute atomic E-state index is 0.220. The third kappa shape index (κ3) is 6.46. The number of ether oxygens (including phenoxy) is 2. The van der Waals surface area contributed by atoms with Crippen LogP contribution in [0.4, 0.5) is 0 Å². The molecule has 0 aliphatic heterocycles. The van der Waals surface area contributed by atoms with Gasteiger partial charge in [-0.05, 0) is 31.2 Å². The van der Waals surface area contributed by atoms with Crippen molar-refractivity contribution >= 4 is 15.9 Å². The Morgan fingerprint density at radius 3 is 2.59 bits per heavy atom. The Morgan fingerprint density at radius 2 is 2.00 bits per heavy atom. The molecule has 0 radical (unpaired) electrons. The van der Waals surface area contributed by atoms with Crippen LogP contribution in [0.5, 0.6) is 5.75 Å². The summed E-state index contributed by atoms with van der Waals surface area (Å²) in [5.74, 6) is 0.729. The van der Waals surface area contributed by atoms with Gasteiger partial charge in [-0.3, -0.25) is 0 Å². The summed E-state index contributed by atoms with van der Waals surface area (Å²) >= 11 is 3.34. The molecular weight excluding hydrogens is 284 g/mol. The Balaban J connectivity index is 2.21. The summed E-state index contributed by atoms with van der Waals surface area (Å²) < 4.78 is 11.6. The molecule has 1 unspecified atom stereocenters. The number of rotatable bonds is 7. The first-order chi connectivity index (χ1) is 8.08. The van der Waals surface area contributed by atoms with E-state index < -0.39 is 6.10 Å². The number of halogens is 1. The van der Waals surface area contributed by atoms with Gasteiger partial charge < -0.3 is 14.6 Å². The van der Waals surface area contributed by atoms with E-state index in [1.54, 1.807) is 0 Å². The molecule has 1 N–H and O–H groups in total. The van der Waals surface area contributed by atoms with E-state index >= 15 is 0 Å². The zero-order valence-corrected chi connectivity index (χ0v) is 11.4. The predicted octanol–water partition coefficient (Wildman–Crippen LogP) is 2.78. The monoisotopic (exact) mass is 300 g/mol. The minimum Gasteiger partial charge on any atom is -0.491 e. The molecule has 0 aromatic heterocycles. The Bertz CT molecular complexity index is 348. The normalized spacial score (nSPS) is 12.2. The van der Waals surface area contributed by atoms with Crippen LogP contribution in [0.2, 0.25) is 0 Å². The molecule has 0 spiro atoms. The van der Waals surface area contributed by atoms with Gasteiger partial charge in [-0.2, -0.15) is 0 Å². The highest BCUT2D eigenvalue weighted by Gasteiger charge is 2.05. The van der Waals surface area contributed by atoms with Gasteiger partial charge in [-0.15, -0.1) is 0 Å². The quantitative estimate of drug-likeness (QED) is 0.787. The SMILES string of the molecule is C=C(C)COCC(O)COc1ccc(Br)cc1. The Kier molecular flexibility index (Phi) is 6.26. The standard InChI is InChI=1S/C13H17BrO3/c1-10(2)7-16-8-12(15)9-17-13-5-3-11(14)4-6-13/h3-6,12,15H,1,7-9H2,2H3. The van der Waals surface area contributed by atoms with Crippen LogP contribution in [-0.4, -0.2) is 31.0 Å². The summed E-state index contributed by atoms with van der Waals surface area (Å²) in [5, 5.41) is 9.59. The van der Waals surface area contributed by atoms with E-state index in [1.165, 1.54) is 0 Å². The Morgan fingerprint density at radius 1 is 1.35 bits per heavy atom. The van der Waals surface area contributed by atoms with Crippen molar-refractivity contribution in [1.29, 1.82) is 0 Å². The van der Waals surface area contributed by atoms with Crippen molar-refractivity contribution < 1.29 is 14.6 Å². The first-order valence-electron chi connectivity index (χ1n) is 5.36. The van der Waals surface area contributed by atoms with Gasteiger partial charge in [0.05, 0.1) is 13.2 Å². The summed E-state index contributed by atoms with van der Waals surface area (Å²) in [6.45, 7) is 6.53. The highest BCUT2D eigenvalue weighted by Crippen LogP contribution is 2.16. The summed E-state index contributed by atoms with van der Waals surface area (Å²) in [6, 6.07) is 7.45. The molecule has 0 saturated carbocycles. The van der Waals surface area contributed by atoms with Gasteiger partial charge in [0.1, 0.15) is 18.5 Å². The van der Waals surface area contributed by atoms with Gasteiger partial charge in [0.15, 0.2) is 0 Å². The fourth-order valence-corrected chi connectivity index (χ4v) is 1.40. The average molecular weight is 301 g/mol. The minimum atomic E-state index is -0.627. The van der Waals surface area contributed by atoms with Crippen molar-refractivity contribution in [3.8, 4) is 5.75 Å². The first kappa shape index (κ1) is 14.2. The van der Waals surface area contributed by atoms with E-state index in [1.807, 2.05) is 31.2 Å². The second kappa shape index (κ2) is 7.48. The molecule has 1 atom stereocenters. The molecule has 1 rings (SSSR count). The zero-order valence-electron chi connectivity index (χ0n) is 9.86. The van der Waals surface area contributed by atoms with Crippen LogP contribution in [0.3, 0.4) is 0 Å². The molecule has 0 saturated heterocycles. The van der Waals surface area contributed by atoms with Crippen LogP contribution in [0.25, 0.3) is 0 Å². The van der Waals surface area contributed by atoms with Crippen LogP contribution in [-0.2, 0) is 4.74 Å². The molecule has 1 aromatic rings. The number of hydrogen-bond donors (Lipinski definition) is 1. The van der Waals surface area contributed by atoms with Crippen LogP contribution >= 0.6 is 15.9 Å². The molecule has 0 bridgehead atoms. The first-order valence-corrected chi connectivity index (χ1v) is 6.16. The maximum absolute atomic E-state index is 9.59. The molecule has 0 aliphatic carbocycles. The molecule has 0 fully saturated rings. The van der Waals surface area contributed by atoms with Crippen molar-refractivity contribution in [3.63, 3.8) is 0 Å². The van der Waals surface area contributed by atoms with Gasteiger partial charge >= 0.3 is 0 Å². The second-order valence-corrected chi connectivity index (χ2v) is 4.81. The van der Waals surface area contributed by atoms with Gasteiger partial charge in [-0.25, -0.2) is 0 Å². The highest BCUT2D eigenvalue weighted by atomic mass is 79.9. The maximum Gasteiger partial charge on any atom is 0.119 e. The van der Waals surface area contributed by atoms with Crippen molar-refractivity contribution in [2.45, 2.75) is 13.0 Å². The molecule has 0 amide bonds. The van der Waals surface area contributed by atoms with Gasteiger partial charge in [-0.1, -0.05) is 28.1 Å².